The van der Waals surface area contributed by atoms with Gasteiger partial charge in [-0.3, -0.25) is 4.79 Å². The largest absolute Gasteiger partial charge is 0.302 e. The predicted molar refractivity (Wildman–Crippen MR) is 106 cm³/mol. The number of anilines is 1. The first-order valence-electron chi connectivity index (χ1n) is 9.28. The lowest BCUT2D eigenvalue weighted by atomic mass is 9.79. The van der Waals surface area contributed by atoms with Crippen LogP contribution in [-0.4, -0.2) is 25.6 Å². The molecule has 1 aromatic heterocycles. The van der Waals surface area contributed by atoms with Crippen molar-refractivity contribution >= 4 is 42.4 Å². The number of unbranched alkanes of at least 4 members (excludes halogenated alkanes) is 1. The smallest absolute Gasteiger partial charge is 0.229 e. The fourth-order valence-corrected chi connectivity index (χ4v) is 5.23. The maximum absolute atomic E-state index is 12.6. The third-order valence-electron chi connectivity index (χ3n) is 5.20. The molecule has 1 saturated carbocycles. The standard InChI is InChI=1S/C19H26N2O3S2/c1-3-4-5-13-6-8-14(9-7-13)18(22)21-19-20-16-11-10-15(26(2,23)24)12-17(16)25-19/h10-14H,3-9H2,1-2H3,(H,20,21,22). The van der Waals surface area contributed by atoms with Gasteiger partial charge in [-0.2, -0.15) is 0 Å². The van der Waals surface area contributed by atoms with Crippen molar-refractivity contribution in [2.24, 2.45) is 11.8 Å². The molecule has 1 fully saturated rings. The van der Waals surface area contributed by atoms with Gasteiger partial charge in [0.15, 0.2) is 15.0 Å². The van der Waals surface area contributed by atoms with Crippen LogP contribution in [-0.2, 0) is 14.6 Å². The first-order chi connectivity index (χ1) is 12.4. The molecule has 0 atom stereocenters. The van der Waals surface area contributed by atoms with E-state index in [9.17, 15) is 13.2 Å². The lowest BCUT2D eigenvalue weighted by Gasteiger charge is -2.27. The Labute approximate surface area is 159 Å². The summed E-state index contributed by atoms with van der Waals surface area (Å²) >= 11 is 1.32. The van der Waals surface area contributed by atoms with E-state index >= 15 is 0 Å². The van der Waals surface area contributed by atoms with Gasteiger partial charge in [0.2, 0.25) is 5.91 Å². The van der Waals surface area contributed by atoms with Crippen LogP contribution in [0.5, 0.6) is 0 Å². The number of benzene rings is 1. The molecule has 3 rings (SSSR count). The first kappa shape index (κ1) is 19.3. The summed E-state index contributed by atoms with van der Waals surface area (Å²) in [6.45, 7) is 2.22. The van der Waals surface area contributed by atoms with E-state index in [2.05, 4.69) is 17.2 Å². The Morgan fingerprint density at radius 1 is 1.27 bits per heavy atom. The summed E-state index contributed by atoms with van der Waals surface area (Å²) in [4.78, 5) is 17.2. The third kappa shape index (κ3) is 4.62. The van der Waals surface area contributed by atoms with Crippen molar-refractivity contribution in [2.75, 3.05) is 11.6 Å². The third-order valence-corrected chi connectivity index (χ3v) is 7.25. The van der Waals surface area contributed by atoms with Gasteiger partial charge in [-0.1, -0.05) is 37.5 Å². The molecular formula is C19H26N2O3S2. The van der Waals surface area contributed by atoms with Crippen molar-refractivity contribution in [1.29, 1.82) is 0 Å². The van der Waals surface area contributed by atoms with Crippen LogP contribution < -0.4 is 5.32 Å². The summed E-state index contributed by atoms with van der Waals surface area (Å²) in [6.07, 6.45) is 9.15. The van der Waals surface area contributed by atoms with Crippen molar-refractivity contribution in [3.63, 3.8) is 0 Å². The molecule has 0 unspecified atom stereocenters. The SMILES string of the molecule is CCCCC1CCC(C(=O)Nc2nc3ccc(S(C)(=O)=O)cc3s2)CC1. The van der Waals surface area contributed by atoms with Gasteiger partial charge in [0, 0.05) is 12.2 Å². The lowest BCUT2D eigenvalue weighted by molar-refractivity contribution is -0.121. The molecule has 0 bridgehead atoms. The summed E-state index contributed by atoms with van der Waals surface area (Å²) in [5, 5.41) is 3.48. The minimum Gasteiger partial charge on any atom is -0.302 e. The van der Waals surface area contributed by atoms with Crippen LogP contribution in [0.15, 0.2) is 23.1 Å². The number of carbonyl (C=O) groups excluding carboxylic acids is 1. The van der Waals surface area contributed by atoms with Crippen molar-refractivity contribution < 1.29 is 13.2 Å². The van der Waals surface area contributed by atoms with E-state index in [1.165, 1.54) is 36.9 Å². The molecule has 142 valence electrons. The molecule has 1 aromatic carbocycles. The zero-order valence-corrected chi connectivity index (χ0v) is 17.0. The number of aromatic nitrogens is 1. The quantitative estimate of drug-likeness (QED) is 0.775. The molecule has 1 N–H and O–H groups in total. The average Bonchev–Trinajstić information content (AvgIpc) is 3.01. The highest BCUT2D eigenvalue weighted by molar-refractivity contribution is 7.90. The van der Waals surface area contributed by atoms with Crippen LogP contribution in [0.1, 0.15) is 51.9 Å². The summed E-state index contributed by atoms with van der Waals surface area (Å²) in [5.74, 6) is 0.878. The Hall–Kier alpha value is -1.47. The van der Waals surface area contributed by atoms with Gasteiger partial charge in [-0.05, 0) is 49.8 Å². The summed E-state index contributed by atoms with van der Waals surface area (Å²) in [7, 11) is -3.25. The molecule has 7 heteroatoms. The number of amides is 1. The van der Waals surface area contributed by atoms with Gasteiger partial charge >= 0.3 is 0 Å². The molecule has 1 heterocycles. The number of thiazole rings is 1. The fourth-order valence-electron chi connectivity index (χ4n) is 3.60. The molecule has 0 spiro atoms. The lowest BCUT2D eigenvalue weighted by Crippen LogP contribution is -2.27. The number of sulfone groups is 1. The second kappa shape index (κ2) is 8.05. The van der Waals surface area contributed by atoms with Crippen molar-refractivity contribution in [2.45, 2.75) is 56.8 Å². The Bertz CT molecular complexity index is 881. The zero-order valence-electron chi connectivity index (χ0n) is 15.3. The second-order valence-electron chi connectivity index (χ2n) is 7.27. The molecular weight excluding hydrogens is 368 g/mol. The first-order valence-corrected chi connectivity index (χ1v) is 12.0. The molecule has 1 amide bonds. The maximum Gasteiger partial charge on any atom is 0.229 e. The summed E-state index contributed by atoms with van der Waals surface area (Å²) in [5.41, 5.74) is 0.709. The van der Waals surface area contributed by atoms with Crippen LogP contribution >= 0.6 is 11.3 Å². The monoisotopic (exact) mass is 394 g/mol. The van der Waals surface area contributed by atoms with Gasteiger partial charge in [0.1, 0.15) is 0 Å². The van der Waals surface area contributed by atoms with Crippen molar-refractivity contribution in [3.8, 4) is 0 Å². The number of hydrogen-bond acceptors (Lipinski definition) is 5. The van der Waals surface area contributed by atoms with E-state index < -0.39 is 9.84 Å². The number of hydrogen-bond donors (Lipinski definition) is 1. The van der Waals surface area contributed by atoms with Gasteiger partial charge in [-0.25, -0.2) is 13.4 Å². The summed E-state index contributed by atoms with van der Waals surface area (Å²) < 4.78 is 24.1. The van der Waals surface area contributed by atoms with Crippen molar-refractivity contribution in [3.05, 3.63) is 18.2 Å². The Morgan fingerprint density at radius 2 is 2.00 bits per heavy atom. The normalized spacial score (nSPS) is 21.0. The number of carbonyl (C=O) groups is 1. The molecule has 26 heavy (non-hydrogen) atoms. The van der Waals surface area contributed by atoms with Crippen LogP contribution in [0.2, 0.25) is 0 Å². The number of fused-ring (bicyclic) bond motifs is 1. The highest BCUT2D eigenvalue weighted by Gasteiger charge is 2.26. The average molecular weight is 395 g/mol. The Kier molecular flexibility index (Phi) is 5.97. The van der Waals surface area contributed by atoms with E-state index in [1.807, 2.05) is 0 Å². The zero-order chi connectivity index (χ0) is 18.7. The second-order valence-corrected chi connectivity index (χ2v) is 10.3. The minimum atomic E-state index is -3.25. The molecule has 0 saturated heterocycles. The molecule has 5 nitrogen and oxygen atoms in total. The van der Waals surface area contributed by atoms with Gasteiger partial charge in [0.05, 0.1) is 15.1 Å². The van der Waals surface area contributed by atoms with E-state index in [0.29, 0.717) is 10.6 Å². The topological polar surface area (TPSA) is 76.1 Å². The number of nitrogens with zero attached hydrogens (tertiary/aromatic N) is 1. The highest BCUT2D eigenvalue weighted by atomic mass is 32.2. The molecule has 0 aliphatic heterocycles. The van der Waals surface area contributed by atoms with Crippen LogP contribution in [0.25, 0.3) is 10.2 Å². The van der Waals surface area contributed by atoms with Crippen LogP contribution in [0.4, 0.5) is 5.13 Å². The van der Waals surface area contributed by atoms with E-state index in [1.54, 1.807) is 18.2 Å². The molecule has 0 radical (unpaired) electrons. The highest BCUT2D eigenvalue weighted by Crippen LogP contribution is 2.33. The van der Waals surface area contributed by atoms with Crippen molar-refractivity contribution in [1.82, 2.24) is 4.98 Å². The summed E-state index contributed by atoms with van der Waals surface area (Å²) in [6, 6.07) is 4.87. The van der Waals surface area contributed by atoms with Crippen LogP contribution in [0.3, 0.4) is 0 Å². The van der Waals surface area contributed by atoms with Gasteiger partial charge in [-0.15, -0.1) is 0 Å². The number of rotatable bonds is 6. The van der Waals surface area contributed by atoms with E-state index in [0.717, 1.165) is 36.3 Å². The Morgan fingerprint density at radius 3 is 2.65 bits per heavy atom. The van der Waals surface area contributed by atoms with Gasteiger partial charge < -0.3 is 5.32 Å². The molecule has 2 aromatic rings. The maximum atomic E-state index is 12.6. The molecule has 1 aliphatic rings. The Balaban J connectivity index is 1.63. The number of nitrogens with one attached hydrogen (secondary N) is 1. The minimum absolute atomic E-state index is 0.0429. The molecule has 1 aliphatic carbocycles. The van der Waals surface area contributed by atoms with Crippen LogP contribution in [0, 0.1) is 11.8 Å². The van der Waals surface area contributed by atoms with E-state index in [-0.39, 0.29) is 16.7 Å². The fraction of sp³-hybridized carbons (Fsp3) is 0.579. The van der Waals surface area contributed by atoms with Gasteiger partial charge in [0.25, 0.3) is 0 Å². The predicted octanol–water partition coefficient (Wildman–Crippen LogP) is 4.63. The van der Waals surface area contributed by atoms with E-state index in [4.69, 9.17) is 0 Å².